The van der Waals surface area contributed by atoms with E-state index in [-0.39, 0.29) is 0 Å². The summed E-state index contributed by atoms with van der Waals surface area (Å²) in [4.78, 5) is 4.48. The largest absolute Gasteiger partial charge is 0.444 e. The average molecular weight is 313 g/mol. The second-order valence-corrected chi connectivity index (χ2v) is 5.48. The van der Waals surface area contributed by atoms with Crippen molar-refractivity contribution >= 4 is 17.7 Å². The van der Waals surface area contributed by atoms with Gasteiger partial charge >= 0.3 is 0 Å². The Morgan fingerprint density at radius 3 is 2.86 bits per heavy atom. The zero-order chi connectivity index (χ0) is 15.4. The molecule has 6 nitrogen and oxygen atoms in total. The Labute approximate surface area is 132 Å². The second kappa shape index (κ2) is 6.48. The molecule has 0 aliphatic heterocycles. The van der Waals surface area contributed by atoms with Crippen LogP contribution in [0.1, 0.15) is 5.69 Å². The minimum atomic E-state index is 0.382. The van der Waals surface area contributed by atoms with E-state index in [1.807, 2.05) is 30.3 Å². The van der Waals surface area contributed by atoms with Crippen LogP contribution in [-0.2, 0) is 12.3 Å². The average Bonchev–Trinajstić information content (AvgIpc) is 3.15. The van der Waals surface area contributed by atoms with Crippen LogP contribution in [0.2, 0.25) is 0 Å². The van der Waals surface area contributed by atoms with Crippen molar-refractivity contribution in [2.45, 2.75) is 17.5 Å². The predicted molar refractivity (Wildman–Crippen MR) is 86.1 cm³/mol. The summed E-state index contributed by atoms with van der Waals surface area (Å²) in [5, 5.41) is 8.68. The first-order chi connectivity index (χ1) is 10.8. The number of anilines is 1. The van der Waals surface area contributed by atoms with Crippen molar-refractivity contribution in [2.75, 3.05) is 5.73 Å². The molecule has 0 aliphatic carbocycles. The fraction of sp³-hybridized carbons (Fsp3) is 0.133. The van der Waals surface area contributed by atoms with Gasteiger partial charge in [-0.25, -0.2) is 4.98 Å². The van der Waals surface area contributed by atoms with Gasteiger partial charge in [-0.2, -0.15) is 0 Å². The number of thioether (sulfide) groups is 1. The van der Waals surface area contributed by atoms with Crippen LogP contribution in [-0.4, -0.2) is 19.7 Å². The molecule has 0 atom stereocenters. The topological polar surface area (TPSA) is 82.8 Å². The molecule has 0 saturated carbocycles. The van der Waals surface area contributed by atoms with Gasteiger partial charge in [0.1, 0.15) is 6.26 Å². The molecular weight excluding hydrogens is 298 g/mol. The summed E-state index contributed by atoms with van der Waals surface area (Å²) in [6, 6.07) is 9.79. The van der Waals surface area contributed by atoms with Crippen LogP contribution in [0.3, 0.4) is 0 Å². The molecule has 0 amide bonds. The van der Waals surface area contributed by atoms with Crippen molar-refractivity contribution in [1.82, 2.24) is 19.7 Å². The molecule has 0 bridgehead atoms. The number of benzene rings is 1. The molecule has 1 aromatic carbocycles. The Bertz CT molecular complexity index is 765. The zero-order valence-corrected chi connectivity index (χ0v) is 12.7. The number of hydrogen-bond acceptors (Lipinski definition) is 6. The van der Waals surface area contributed by atoms with Crippen LogP contribution >= 0.6 is 11.8 Å². The standard InChI is InChI=1S/C15H15N5OS/c1-2-8-20-14(16)18-19-15(20)22-10-12-9-21-13(17-12)11-6-4-3-5-7-11/h2-7,9H,1,8,10H2,(H2,16,18). The molecule has 2 N–H and O–H groups in total. The van der Waals surface area contributed by atoms with Crippen molar-refractivity contribution in [2.24, 2.45) is 0 Å². The molecule has 3 aromatic rings. The first kappa shape index (κ1) is 14.4. The summed E-state index contributed by atoms with van der Waals surface area (Å²) < 4.78 is 7.32. The van der Waals surface area contributed by atoms with E-state index in [1.165, 1.54) is 11.8 Å². The zero-order valence-electron chi connectivity index (χ0n) is 11.8. The number of oxazole rings is 1. The highest BCUT2D eigenvalue weighted by Crippen LogP contribution is 2.24. The second-order valence-electron chi connectivity index (χ2n) is 4.54. The van der Waals surface area contributed by atoms with Gasteiger partial charge in [-0.3, -0.25) is 4.57 Å². The summed E-state index contributed by atoms with van der Waals surface area (Å²) >= 11 is 1.51. The summed E-state index contributed by atoms with van der Waals surface area (Å²) in [5.41, 5.74) is 7.57. The predicted octanol–water partition coefficient (Wildman–Crippen LogP) is 2.99. The number of rotatable bonds is 6. The Kier molecular flexibility index (Phi) is 4.24. The Morgan fingerprint density at radius 2 is 2.09 bits per heavy atom. The highest BCUT2D eigenvalue weighted by atomic mass is 32.2. The number of nitrogens with zero attached hydrogens (tertiary/aromatic N) is 4. The van der Waals surface area contributed by atoms with Crippen molar-refractivity contribution in [1.29, 1.82) is 0 Å². The molecule has 2 aromatic heterocycles. The maximum Gasteiger partial charge on any atom is 0.226 e. The van der Waals surface area contributed by atoms with E-state index in [4.69, 9.17) is 10.2 Å². The Morgan fingerprint density at radius 1 is 1.27 bits per heavy atom. The SMILES string of the molecule is C=CCn1c(N)nnc1SCc1coc(-c2ccccc2)n1. The summed E-state index contributed by atoms with van der Waals surface area (Å²) in [6.07, 6.45) is 3.42. The molecule has 3 rings (SSSR count). The molecule has 112 valence electrons. The van der Waals surface area contributed by atoms with Gasteiger partial charge in [0.25, 0.3) is 0 Å². The third kappa shape index (κ3) is 3.04. The number of nitrogen functional groups attached to an aromatic ring is 1. The van der Waals surface area contributed by atoms with Crippen molar-refractivity contribution in [3.8, 4) is 11.5 Å². The van der Waals surface area contributed by atoms with Gasteiger partial charge in [-0.05, 0) is 12.1 Å². The van der Waals surface area contributed by atoms with Crippen LogP contribution in [0.4, 0.5) is 5.95 Å². The van der Waals surface area contributed by atoms with E-state index in [0.29, 0.717) is 24.1 Å². The summed E-state index contributed by atoms with van der Waals surface area (Å²) in [6.45, 7) is 4.28. The number of aromatic nitrogens is 4. The lowest BCUT2D eigenvalue weighted by molar-refractivity contribution is 0.573. The number of allylic oxidation sites excluding steroid dienone is 1. The van der Waals surface area contributed by atoms with E-state index in [2.05, 4.69) is 21.8 Å². The lowest BCUT2D eigenvalue weighted by Crippen LogP contribution is -2.03. The molecule has 0 radical (unpaired) electrons. The van der Waals surface area contributed by atoms with Gasteiger partial charge in [-0.1, -0.05) is 36.0 Å². The monoisotopic (exact) mass is 313 g/mol. The first-order valence-corrected chi connectivity index (χ1v) is 7.68. The molecule has 0 fully saturated rings. The lowest BCUT2D eigenvalue weighted by Gasteiger charge is -2.03. The minimum Gasteiger partial charge on any atom is -0.444 e. The third-order valence-corrected chi connectivity index (χ3v) is 3.98. The highest BCUT2D eigenvalue weighted by Gasteiger charge is 2.11. The molecule has 0 spiro atoms. The molecule has 0 aliphatic rings. The van der Waals surface area contributed by atoms with Crippen molar-refractivity contribution in [3.05, 3.63) is 54.9 Å². The molecule has 0 unspecified atom stereocenters. The molecule has 7 heteroatoms. The number of hydrogen-bond donors (Lipinski definition) is 1. The van der Waals surface area contributed by atoms with Gasteiger partial charge < -0.3 is 10.2 Å². The molecule has 0 saturated heterocycles. The third-order valence-electron chi connectivity index (χ3n) is 2.98. The van der Waals surface area contributed by atoms with Gasteiger partial charge in [0.15, 0.2) is 5.16 Å². The van der Waals surface area contributed by atoms with Gasteiger partial charge in [-0.15, -0.1) is 16.8 Å². The maximum atomic E-state index is 5.77. The van der Waals surface area contributed by atoms with Crippen LogP contribution in [0.25, 0.3) is 11.5 Å². The Balaban J connectivity index is 1.70. The molecule has 2 heterocycles. The fourth-order valence-electron chi connectivity index (χ4n) is 1.93. The fourth-order valence-corrected chi connectivity index (χ4v) is 2.76. The van der Waals surface area contributed by atoms with E-state index in [1.54, 1.807) is 16.9 Å². The van der Waals surface area contributed by atoms with E-state index in [0.717, 1.165) is 16.4 Å². The first-order valence-electron chi connectivity index (χ1n) is 6.70. The lowest BCUT2D eigenvalue weighted by atomic mass is 10.2. The molecule has 22 heavy (non-hydrogen) atoms. The van der Waals surface area contributed by atoms with Crippen molar-refractivity contribution in [3.63, 3.8) is 0 Å². The van der Waals surface area contributed by atoms with E-state index in [9.17, 15) is 0 Å². The Hall–Kier alpha value is -2.54. The summed E-state index contributed by atoms with van der Waals surface area (Å²) in [7, 11) is 0. The van der Waals surface area contributed by atoms with Crippen LogP contribution in [0, 0.1) is 0 Å². The van der Waals surface area contributed by atoms with Crippen LogP contribution < -0.4 is 5.73 Å². The molecular formula is C15H15N5OS. The van der Waals surface area contributed by atoms with Gasteiger partial charge in [0, 0.05) is 17.9 Å². The van der Waals surface area contributed by atoms with E-state index < -0.39 is 0 Å². The van der Waals surface area contributed by atoms with Crippen LogP contribution in [0.5, 0.6) is 0 Å². The maximum absolute atomic E-state index is 5.77. The van der Waals surface area contributed by atoms with Crippen molar-refractivity contribution < 1.29 is 4.42 Å². The van der Waals surface area contributed by atoms with Gasteiger partial charge in [0.2, 0.25) is 11.8 Å². The highest BCUT2D eigenvalue weighted by molar-refractivity contribution is 7.98. The van der Waals surface area contributed by atoms with Crippen LogP contribution in [0.15, 0.2) is 58.8 Å². The minimum absolute atomic E-state index is 0.382. The van der Waals surface area contributed by atoms with E-state index >= 15 is 0 Å². The number of nitrogens with two attached hydrogens (primary N) is 1. The quantitative estimate of drug-likeness (QED) is 0.556. The van der Waals surface area contributed by atoms with Gasteiger partial charge in [0.05, 0.1) is 5.69 Å². The normalized spacial score (nSPS) is 10.7. The smallest absolute Gasteiger partial charge is 0.226 e. The summed E-state index contributed by atoms with van der Waals surface area (Å²) in [5.74, 6) is 1.63.